The Labute approximate surface area is 297 Å². The first-order valence-corrected chi connectivity index (χ1v) is 18.3. The zero-order valence-electron chi connectivity index (χ0n) is 30.6. The van der Waals surface area contributed by atoms with E-state index in [-0.39, 0.29) is 34.3 Å². The largest absolute Gasteiger partial charge is 0.506 e. The van der Waals surface area contributed by atoms with Gasteiger partial charge in [-0.3, -0.25) is 14.4 Å². The second-order valence-electron chi connectivity index (χ2n) is 14.4. The number of aliphatic hydroxyl groups is 1. The van der Waals surface area contributed by atoms with Gasteiger partial charge in [0.1, 0.15) is 12.3 Å². The van der Waals surface area contributed by atoms with Crippen LogP contribution >= 0.6 is 0 Å². The molecule has 0 amide bonds. The topological polar surface area (TPSA) is 96.2 Å². The second kappa shape index (κ2) is 15.6. The fraction of sp³-hybridized carbons (Fsp3) is 0.476. The normalized spacial score (nSPS) is 18.8. The van der Waals surface area contributed by atoms with E-state index in [1.807, 2.05) is 50.3 Å². The van der Waals surface area contributed by atoms with Crippen LogP contribution in [-0.2, 0) is 34.7 Å². The van der Waals surface area contributed by atoms with Gasteiger partial charge in [0.15, 0.2) is 5.71 Å². The molecule has 0 saturated carbocycles. The number of anilines is 1. The van der Waals surface area contributed by atoms with E-state index in [0.29, 0.717) is 37.2 Å². The molecule has 5 rings (SSSR count). The van der Waals surface area contributed by atoms with Crippen molar-refractivity contribution in [3.8, 4) is 0 Å². The van der Waals surface area contributed by atoms with Crippen LogP contribution < -0.4 is 4.90 Å². The maximum atomic E-state index is 13.9. The summed E-state index contributed by atoms with van der Waals surface area (Å²) in [6.45, 7) is 14.5. The van der Waals surface area contributed by atoms with E-state index in [2.05, 4.69) is 61.4 Å². The number of esters is 2. The van der Waals surface area contributed by atoms with Crippen molar-refractivity contribution in [3.05, 3.63) is 94.4 Å². The SMILES string of the molecule is CCOC(=O)CCCCCN1/C(=C/C2=C(O)C(=C/C3=[N+](CCCCCC(=O)OCC)c4ccccc4C3(C)C)/C2=O)C(C)(C)c2ccccc21. The van der Waals surface area contributed by atoms with E-state index in [9.17, 15) is 19.5 Å². The Morgan fingerprint density at radius 2 is 1.38 bits per heavy atom. The van der Waals surface area contributed by atoms with E-state index in [1.54, 1.807) is 0 Å². The summed E-state index contributed by atoms with van der Waals surface area (Å²) in [5.74, 6) is -0.456. The molecule has 2 heterocycles. The lowest BCUT2D eigenvalue weighted by Crippen LogP contribution is -2.32. The van der Waals surface area contributed by atoms with Crippen LogP contribution in [0.1, 0.15) is 104 Å². The predicted molar refractivity (Wildman–Crippen MR) is 197 cm³/mol. The molecule has 3 aliphatic rings. The van der Waals surface area contributed by atoms with Crippen LogP contribution in [0.2, 0.25) is 0 Å². The number of nitrogens with zero attached hydrogens (tertiary/aromatic N) is 2. The molecule has 2 aliphatic heterocycles. The lowest BCUT2D eigenvalue weighted by atomic mass is 9.77. The second-order valence-corrected chi connectivity index (χ2v) is 14.4. The molecule has 1 N–H and O–H groups in total. The minimum absolute atomic E-state index is 0.0253. The Hall–Kier alpha value is -4.46. The molecule has 8 heteroatoms. The number of Topliss-reactive ketones (excluding diaryl/α,β-unsaturated/α-hetero) is 1. The van der Waals surface area contributed by atoms with Gasteiger partial charge < -0.3 is 19.5 Å². The van der Waals surface area contributed by atoms with Crippen LogP contribution in [-0.4, -0.2) is 59.4 Å². The maximum Gasteiger partial charge on any atom is 0.305 e. The molecule has 0 fully saturated rings. The Morgan fingerprint density at radius 1 is 0.780 bits per heavy atom. The monoisotopic (exact) mass is 681 g/mol. The van der Waals surface area contributed by atoms with E-state index in [1.165, 1.54) is 11.1 Å². The molecule has 0 aromatic heterocycles. The van der Waals surface area contributed by atoms with Crippen molar-refractivity contribution in [1.29, 1.82) is 0 Å². The van der Waals surface area contributed by atoms with Gasteiger partial charge in [-0.15, -0.1) is 0 Å². The number of para-hydroxylation sites is 2. The van der Waals surface area contributed by atoms with Crippen molar-refractivity contribution in [1.82, 2.24) is 0 Å². The lowest BCUT2D eigenvalue weighted by molar-refractivity contribution is -0.438. The number of ketones is 1. The molecule has 50 heavy (non-hydrogen) atoms. The highest BCUT2D eigenvalue weighted by atomic mass is 16.5. The number of unbranched alkanes of at least 4 members (excludes halogenated alkanes) is 4. The van der Waals surface area contributed by atoms with Gasteiger partial charge >= 0.3 is 11.9 Å². The van der Waals surface area contributed by atoms with Crippen LogP contribution in [0.4, 0.5) is 11.4 Å². The average molecular weight is 682 g/mol. The number of rotatable bonds is 16. The van der Waals surface area contributed by atoms with Gasteiger partial charge in [0, 0.05) is 60.3 Å². The van der Waals surface area contributed by atoms with Crippen molar-refractivity contribution in [3.63, 3.8) is 0 Å². The molecule has 1 aliphatic carbocycles. The van der Waals surface area contributed by atoms with Crippen molar-refractivity contribution in [2.45, 2.75) is 104 Å². The van der Waals surface area contributed by atoms with Crippen LogP contribution in [0.15, 0.2) is 83.3 Å². The van der Waals surface area contributed by atoms with E-state index < -0.39 is 0 Å². The van der Waals surface area contributed by atoms with Gasteiger partial charge in [0.2, 0.25) is 11.5 Å². The molecular weight excluding hydrogens is 628 g/mol. The molecule has 0 bridgehead atoms. The Morgan fingerprint density at radius 3 is 2.02 bits per heavy atom. The van der Waals surface area contributed by atoms with Crippen molar-refractivity contribution in [2.75, 3.05) is 31.2 Å². The smallest absolute Gasteiger partial charge is 0.305 e. The third-order valence-corrected chi connectivity index (χ3v) is 10.3. The third-order valence-electron chi connectivity index (χ3n) is 10.3. The van der Waals surface area contributed by atoms with Crippen molar-refractivity contribution >= 4 is 34.8 Å². The van der Waals surface area contributed by atoms with Crippen molar-refractivity contribution < 1.29 is 33.5 Å². The molecule has 0 radical (unpaired) electrons. The van der Waals surface area contributed by atoms with Gasteiger partial charge in [-0.2, -0.15) is 4.58 Å². The standard InChI is InChI=1S/C42H52N2O6/c1-7-49-37(45)23-11-9-17-25-43-33-21-15-13-19-31(33)41(3,4)35(43)27-29-39(47)30(40(29)48)28-36-42(5,6)32-20-14-16-22-34(32)44(36)26-18-10-12-24-38(46)50-8-2/h13-16,19-22,27-28H,7-12,17-18,23-26H2,1-6H3/p+1. The summed E-state index contributed by atoms with van der Waals surface area (Å²) < 4.78 is 12.4. The highest BCUT2D eigenvalue weighted by molar-refractivity contribution is 6.24. The number of ether oxygens (including phenoxy) is 2. The van der Waals surface area contributed by atoms with Gasteiger partial charge in [-0.1, -0.05) is 56.7 Å². The van der Waals surface area contributed by atoms with Crippen molar-refractivity contribution in [2.24, 2.45) is 0 Å². The molecule has 0 spiro atoms. The summed E-state index contributed by atoms with van der Waals surface area (Å²) in [4.78, 5) is 39.8. The number of allylic oxidation sites excluding steroid dienone is 5. The number of aliphatic hydroxyl groups excluding tert-OH is 1. The zero-order chi connectivity index (χ0) is 36.1. The number of benzene rings is 2. The number of hydrogen-bond acceptors (Lipinski definition) is 7. The summed E-state index contributed by atoms with van der Waals surface area (Å²) in [5, 5.41) is 11.5. The molecule has 2 aromatic carbocycles. The Kier molecular flexibility index (Phi) is 11.5. The number of carbonyl (C=O) groups is 3. The van der Waals surface area contributed by atoms with E-state index >= 15 is 0 Å². The summed E-state index contributed by atoms with van der Waals surface area (Å²) in [7, 11) is 0. The maximum absolute atomic E-state index is 13.9. The van der Waals surface area contributed by atoms with E-state index in [0.717, 1.165) is 74.4 Å². The fourth-order valence-electron chi connectivity index (χ4n) is 7.57. The summed E-state index contributed by atoms with van der Waals surface area (Å²) in [5.41, 5.74) is 6.44. The third kappa shape index (κ3) is 7.35. The highest BCUT2D eigenvalue weighted by Gasteiger charge is 2.47. The van der Waals surface area contributed by atoms with E-state index in [4.69, 9.17) is 9.47 Å². The average Bonchev–Trinajstić information content (AvgIpc) is 3.44. The predicted octanol–water partition coefficient (Wildman–Crippen LogP) is 8.31. The molecule has 266 valence electrons. The summed E-state index contributed by atoms with van der Waals surface area (Å²) in [6.07, 6.45) is 9.62. The van der Waals surface area contributed by atoms with Crippen LogP contribution in [0.25, 0.3) is 0 Å². The highest BCUT2D eigenvalue weighted by Crippen LogP contribution is 2.49. The molecule has 0 saturated heterocycles. The minimum atomic E-state index is -0.373. The van der Waals surface area contributed by atoms with Crippen LogP contribution in [0.5, 0.6) is 0 Å². The molecule has 8 nitrogen and oxygen atoms in total. The quantitative estimate of drug-likeness (QED) is 0.0824. The first-order chi connectivity index (χ1) is 23.9. The summed E-state index contributed by atoms with van der Waals surface area (Å²) in [6, 6.07) is 16.6. The summed E-state index contributed by atoms with van der Waals surface area (Å²) >= 11 is 0. The molecule has 2 aromatic rings. The lowest BCUT2D eigenvalue weighted by Gasteiger charge is -2.29. The first-order valence-electron chi connectivity index (χ1n) is 18.3. The zero-order valence-corrected chi connectivity index (χ0v) is 30.6. The number of carbonyl (C=O) groups excluding carboxylic acids is 3. The van der Waals surface area contributed by atoms with Crippen LogP contribution in [0, 0.1) is 0 Å². The van der Waals surface area contributed by atoms with Gasteiger partial charge in [-0.25, -0.2) is 0 Å². The fourth-order valence-corrected chi connectivity index (χ4v) is 7.57. The number of hydrogen-bond donors (Lipinski definition) is 1. The molecule has 0 atom stereocenters. The van der Waals surface area contributed by atoms with Gasteiger partial charge in [0.25, 0.3) is 0 Å². The molecule has 0 unspecified atom stereocenters. The first kappa shape index (κ1) is 36.8. The Bertz CT molecular complexity index is 1760. The minimum Gasteiger partial charge on any atom is -0.506 e. The van der Waals surface area contributed by atoms with Gasteiger partial charge in [0.05, 0.1) is 29.8 Å². The van der Waals surface area contributed by atoms with Gasteiger partial charge in [-0.05, 0) is 71.1 Å². The molecular formula is C42H53N2O6+. The van der Waals surface area contributed by atoms with Crippen LogP contribution in [0.3, 0.4) is 0 Å². The Balaban J connectivity index is 1.40. The number of fused-ring (bicyclic) bond motifs is 2.